The van der Waals surface area contributed by atoms with Gasteiger partial charge >= 0.3 is 0 Å². The standard InChI is InChI=1S/C13H19NO/c1-3-11-5-7-15-13(9-11)12-4-6-14-10(2)8-12/h4,6,8,11,13H,3,5,7,9H2,1-2H3/t11-,13+/m0/s1. The van der Waals surface area contributed by atoms with E-state index < -0.39 is 0 Å². The Morgan fingerprint density at radius 3 is 3.13 bits per heavy atom. The minimum absolute atomic E-state index is 0.297. The quantitative estimate of drug-likeness (QED) is 0.739. The molecule has 2 nitrogen and oxygen atoms in total. The van der Waals surface area contributed by atoms with E-state index in [0.717, 1.165) is 18.2 Å². The van der Waals surface area contributed by atoms with E-state index in [9.17, 15) is 0 Å². The second-order valence-electron chi connectivity index (χ2n) is 4.39. The van der Waals surface area contributed by atoms with E-state index in [0.29, 0.717) is 6.10 Å². The fraction of sp³-hybridized carbons (Fsp3) is 0.615. The lowest BCUT2D eigenvalue weighted by atomic mass is 9.90. The molecule has 1 aromatic heterocycles. The number of ether oxygens (including phenoxy) is 1. The molecule has 1 fully saturated rings. The van der Waals surface area contributed by atoms with Crippen molar-refractivity contribution in [2.45, 2.75) is 39.2 Å². The Bertz CT molecular complexity index is 324. The van der Waals surface area contributed by atoms with Crippen molar-refractivity contribution in [2.75, 3.05) is 6.61 Å². The van der Waals surface area contributed by atoms with E-state index in [4.69, 9.17) is 4.74 Å². The molecular weight excluding hydrogens is 186 g/mol. The third-order valence-corrected chi connectivity index (χ3v) is 3.26. The highest BCUT2D eigenvalue weighted by molar-refractivity contribution is 5.18. The molecule has 1 aromatic rings. The van der Waals surface area contributed by atoms with Crippen LogP contribution in [-0.4, -0.2) is 11.6 Å². The predicted octanol–water partition coefficient (Wildman–Crippen LogP) is 3.27. The van der Waals surface area contributed by atoms with Gasteiger partial charge in [-0.3, -0.25) is 4.98 Å². The van der Waals surface area contributed by atoms with Crippen molar-refractivity contribution in [3.63, 3.8) is 0 Å². The van der Waals surface area contributed by atoms with Gasteiger partial charge in [-0.25, -0.2) is 0 Å². The maximum Gasteiger partial charge on any atom is 0.0828 e. The molecule has 0 aromatic carbocycles. The Labute approximate surface area is 91.7 Å². The first-order chi connectivity index (χ1) is 7.29. The van der Waals surface area contributed by atoms with E-state index in [1.807, 2.05) is 13.1 Å². The van der Waals surface area contributed by atoms with Gasteiger partial charge in [0, 0.05) is 18.5 Å². The van der Waals surface area contributed by atoms with Gasteiger partial charge in [0.25, 0.3) is 0 Å². The van der Waals surface area contributed by atoms with Gasteiger partial charge in [-0.15, -0.1) is 0 Å². The molecule has 0 spiro atoms. The molecule has 0 N–H and O–H groups in total. The molecule has 0 aliphatic carbocycles. The van der Waals surface area contributed by atoms with Crippen LogP contribution in [0.3, 0.4) is 0 Å². The molecule has 82 valence electrons. The van der Waals surface area contributed by atoms with Crippen molar-refractivity contribution in [1.29, 1.82) is 0 Å². The summed E-state index contributed by atoms with van der Waals surface area (Å²) >= 11 is 0. The number of pyridine rings is 1. The largest absolute Gasteiger partial charge is 0.374 e. The van der Waals surface area contributed by atoms with Crippen molar-refractivity contribution in [3.8, 4) is 0 Å². The topological polar surface area (TPSA) is 22.1 Å². The van der Waals surface area contributed by atoms with Crippen LogP contribution in [0.25, 0.3) is 0 Å². The summed E-state index contributed by atoms with van der Waals surface area (Å²) in [5.41, 5.74) is 2.37. The lowest BCUT2D eigenvalue weighted by Gasteiger charge is -2.29. The number of hydrogen-bond donors (Lipinski definition) is 0. The van der Waals surface area contributed by atoms with Crippen LogP contribution < -0.4 is 0 Å². The molecule has 2 heterocycles. The Morgan fingerprint density at radius 1 is 1.53 bits per heavy atom. The van der Waals surface area contributed by atoms with E-state index in [1.54, 1.807) is 0 Å². The maximum absolute atomic E-state index is 5.82. The average Bonchev–Trinajstić information content (AvgIpc) is 2.29. The lowest BCUT2D eigenvalue weighted by molar-refractivity contribution is -0.0111. The highest BCUT2D eigenvalue weighted by atomic mass is 16.5. The van der Waals surface area contributed by atoms with Crippen LogP contribution in [0.15, 0.2) is 18.3 Å². The van der Waals surface area contributed by atoms with Crippen LogP contribution in [0.5, 0.6) is 0 Å². The first kappa shape index (κ1) is 10.6. The van der Waals surface area contributed by atoms with Crippen molar-refractivity contribution in [2.24, 2.45) is 5.92 Å². The Hall–Kier alpha value is -0.890. The van der Waals surface area contributed by atoms with Crippen LogP contribution in [-0.2, 0) is 4.74 Å². The van der Waals surface area contributed by atoms with Gasteiger partial charge < -0.3 is 4.74 Å². The molecule has 2 rings (SSSR count). The second-order valence-corrected chi connectivity index (χ2v) is 4.39. The monoisotopic (exact) mass is 205 g/mol. The van der Waals surface area contributed by atoms with Crippen molar-refractivity contribution < 1.29 is 4.74 Å². The molecule has 0 radical (unpaired) electrons. The minimum Gasteiger partial charge on any atom is -0.374 e. The summed E-state index contributed by atoms with van der Waals surface area (Å²) in [6.07, 6.45) is 5.83. The summed E-state index contributed by atoms with van der Waals surface area (Å²) in [7, 11) is 0. The molecular formula is C13H19NO. The highest BCUT2D eigenvalue weighted by Gasteiger charge is 2.22. The average molecular weight is 205 g/mol. The summed E-state index contributed by atoms with van der Waals surface area (Å²) in [4.78, 5) is 4.22. The summed E-state index contributed by atoms with van der Waals surface area (Å²) in [5.74, 6) is 0.831. The number of aromatic nitrogens is 1. The minimum atomic E-state index is 0.297. The first-order valence-electron chi connectivity index (χ1n) is 5.83. The number of hydrogen-bond acceptors (Lipinski definition) is 2. The summed E-state index contributed by atoms with van der Waals surface area (Å²) in [6, 6.07) is 4.22. The maximum atomic E-state index is 5.82. The fourth-order valence-corrected chi connectivity index (χ4v) is 2.24. The number of aryl methyl sites for hydroxylation is 1. The van der Waals surface area contributed by atoms with Crippen LogP contribution in [0.1, 0.15) is 43.5 Å². The van der Waals surface area contributed by atoms with Crippen molar-refractivity contribution >= 4 is 0 Å². The third-order valence-electron chi connectivity index (χ3n) is 3.26. The van der Waals surface area contributed by atoms with Gasteiger partial charge in [-0.2, -0.15) is 0 Å². The van der Waals surface area contributed by atoms with Crippen LogP contribution in [0.4, 0.5) is 0 Å². The lowest BCUT2D eigenvalue weighted by Crippen LogP contribution is -2.19. The van der Waals surface area contributed by atoms with Gasteiger partial charge in [-0.1, -0.05) is 13.3 Å². The first-order valence-corrected chi connectivity index (χ1v) is 5.83. The molecule has 0 saturated carbocycles. The normalized spacial score (nSPS) is 26.5. The molecule has 0 unspecified atom stereocenters. The molecule has 2 atom stereocenters. The van der Waals surface area contributed by atoms with Gasteiger partial charge in [0.15, 0.2) is 0 Å². The van der Waals surface area contributed by atoms with E-state index in [2.05, 4.69) is 24.0 Å². The van der Waals surface area contributed by atoms with Gasteiger partial charge in [0.2, 0.25) is 0 Å². The van der Waals surface area contributed by atoms with Gasteiger partial charge in [0.1, 0.15) is 0 Å². The summed E-state index contributed by atoms with van der Waals surface area (Å²) in [5, 5.41) is 0. The number of nitrogens with zero attached hydrogens (tertiary/aromatic N) is 1. The van der Waals surface area contributed by atoms with Gasteiger partial charge in [0.05, 0.1) is 6.10 Å². The molecule has 1 aliphatic rings. The van der Waals surface area contributed by atoms with Crippen molar-refractivity contribution in [3.05, 3.63) is 29.6 Å². The smallest absolute Gasteiger partial charge is 0.0828 e. The predicted molar refractivity (Wildman–Crippen MR) is 60.7 cm³/mol. The molecule has 1 aliphatic heterocycles. The molecule has 0 bridgehead atoms. The van der Waals surface area contributed by atoms with Crippen LogP contribution in [0, 0.1) is 12.8 Å². The SMILES string of the molecule is CC[C@H]1CCO[C@@H](c2ccnc(C)c2)C1. The van der Waals surface area contributed by atoms with Gasteiger partial charge in [-0.05, 0) is 43.4 Å². The fourth-order valence-electron chi connectivity index (χ4n) is 2.24. The zero-order chi connectivity index (χ0) is 10.7. The second kappa shape index (κ2) is 4.75. The summed E-state index contributed by atoms with van der Waals surface area (Å²) < 4.78 is 5.82. The molecule has 1 saturated heterocycles. The Kier molecular flexibility index (Phi) is 3.37. The van der Waals surface area contributed by atoms with E-state index >= 15 is 0 Å². The van der Waals surface area contributed by atoms with E-state index in [-0.39, 0.29) is 0 Å². The van der Waals surface area contributed by atoms with Crippen LogP contribution in [0.2, 0.25) is 0 Å². The molecule has 2 heteroatoms. The third kappa shape index (κ3) is 2.57. The summed E-state index contributed by atoms with van der Waals surface area (Å²) in [6.45, 7) is 5.21. The molecule has 15 heavy (non-hydrogen) atoms. The Balaban J connectivity index is 2.09. The number of rotatable bonds is 2. The Morgan fingerprint density at radius 2 is 2.40 bits per heavy atom. The van der Waals surface area contributed by atoms with E-state index in [1.165, 1.54) is 24.8 Å². The zero-order valence-electron chi connectivity index (χ0n) is 9.57. The highest BCUT2D eigenvalue weighted by Crippen LogP contribution is 2.32. The van der Waals surface area contributed by atoms with Crippen molar-refractivity contribution in [1.82, 2.24) is 4.98 Å². The zero-order valence-corrected chi connectivity index (χ0v) is 9.57. The molecule has 0 amide bonds. The van der Waals surface area contributed by atoms with Crippen LogP contribution >= 0.6 is 0 Å².